The van der Waals surface area contributed by atoms with E-state index in [0.717, 1.165) is 0 Å². The molecule has 98 valence electrons. The molecular weight excluding hydrogens is 246 g/mol. The molecule has 0 spiro atoms. The average Bonchev–Trinajstić information content (AvgIpc) is 2.72. The number of piperidine rings is 1. The summed E-state index contributed by atoms with van der Waals surface area (Å²) in [6.45, 7) is -2.89. The van der Waals surface area contributed by atoms with Gasteiger partial charge in [-0.2, -0.15) is 0 Å². The molecule has 3 amide bonds. The Kier molecular flexibility index (Phi) is 1.33. The zero-order chi connectivity index (χ0) is 19.9. The Hall–Kier alpha value is -2.37. The number of carbonyl (C=O) groups is 3. The van der Waals surface area contributed by atoms with Gasteiger partial charge in [0.15, 0.2) is 0 Å². The Morgan fingerprint density at radius 1 is 1.42 bits per heavy atom. The summed E-state index contributed by atoms with van der Waals surface area (Å²) in [7, 11) is 0. The number of imide groups is 1. The molecule has 1 atom stereocenters. The highest BCUT2D eigenvalue weighted by Gasteiger charge is 2.39. The van der Waals surface area contributed by atoms with Gasteiger partial charge in [-0.1, -0.05) is 6.07 Å². The molecule has 2 aliphatic rings. The third-order valence-electron chi connectivity index (χ3n) is 2.71. The van der Waals surface area contributed by atoms with Crippen molar-refractivity contribution in [3.05, 3.63) is 29.3 Å². The van der Waals surface area contributed by atoms with Gasteiger partial charge in [-0.05, 0) is 18.5 Å². The van der Waals surface area contributed by atoms with E-state index in [2.05, 4.69) is 0 Å². The molecular formula is C13H13N3O3. The van der Waals surface area contributed by atoms with E-state index in [1.807, 2.05) is 0 Å². The van der Waals surface area contributed by atoms with Gasteiger partial charge in [0, 0.05) is 35.2 Å². The number of nitrogens with zero attached hydrogens (tertiary/aromatic N) is 1. The number of carbonyl (C=O) groups excluding carboxylic acids is 3. The molecule has 1 unspecified atom stereocenters. The van der Waals surface area contributed by atoms with E-state index in [0.29, 0.717) is 0 Å². The van der Waals surface area contributed by atoms with Crippen LogP contribution in [0.1, 0.15) is 38.3 Å². The standard InChI is InChI=1S/C13H13N3O3/c14-9-3-1-2-7-8(9)6-16(13(7)19)10-4-5-11(17)15-12(10)18/h1-3,10H,4-6,14H2,(H,15,17,18)/i4D2,5D2,6D2,10D. The minimum absolute atomic E-state index is 0.000625. The number of nitrogens with two attached hydrogens (primary N) is 1. The van der Waals surface area contributed by atoms with E-state index < -0.39 is 43.0 Å². The third-order valence-corrected chi connectivity index (χ3v) is 2.71. The van der Waals surface area contributed by atoms with Crippen LogP contribution in [0.25, 0.3) is 0 Å². The zero-order valence-electron chi connectivity index (χ0n) is 16.5. The van der Waals surface area contributed by atoms with Gasteiger partial charge in [-0.3, -0.25) is 19.7 Å². The van der Waals surface area contributed by atoms with Crippen molar-refractivity contribution in [2.75, 3.05) is 5.73 Å². The number of hydrogen-bond donors (Lipinski definition) is 2. The Bertz CT molecular complexity index is 873. The minimum Gasteiger partial charge on any atom is -0.398 e. The SMILES string of the molecule is [2H]C1([2H])c2c(N)cccc2C(=O)N1C1([2H])C(=O)NC(=O)C([2H])([2H])C1([2H])[2H]. The van der Waals surface area contributed by atoms with Gasteiger partial charge >= 0.3 is 0 Å². The lowest BCUT2D eigenvalue weighted by molar-refractivity contribution is -0.136. The fraction of sp³-hybridized carbons (Fsp3) is 0.308. The fourth-order valence-corrected chi connectivity index (χ4v) is 1.84. The molecule has 2 heterocycles. The summed E-state index contributed by atoms with van der Waals surface area (Å²) in [5.74, 6) is -4.47. The highest BCUT2D eigenvalue weighted by atomic mass is 16.2. The van der Waals surface area contributed by atoms with Gasteiger partial charge in [0.25, 0.3) is 5.91 Å². The van der Waals surface area contributed by atoms with Crippen molar-refractivity contribution >= 4 is 23.4 Å². The van der Waals surface area contributed by atoms with Crippen LogP contribution in [-0.4, -0.2) is 28.6 Å². The van der Waals surface area contributed by atoms with Gasteiger partial charge in [0.2, 0.25) is 11.8 Å². The first-order chi connectivity index (χ1) is 11.7. The monoisotopic (exact) mass is 266 g/mol. The smallest absolute Gasteiger partial charge is 0.255 e. The summed E-state index contributed by atoms with van der Waals surface area (Å²) in [6.07, 6.45) is -6.93. The quantitative estimate of drug-likeness (QED) is 0.554. The van der Waals surface area contributed by atoms with E-state index in [-0.39, 0.29) is 21.7 Å². The molecule has 1 saturated heterocycles. The maximum atomic E-state index is 12.8. The van der Waals surface area contributed by atoms with E-state index in [9.17, 15) is 14.4 Å². The molecule has 0 aliphatic carbocycles. The predicted molar refractivity (Wildman–Crippen MR) is 66.9 cm³/mol. The zero-order valence-corrected chi connectivity index (χ0v) is 9.48. The first-order valence-electron chi connectivity index (χ1n) is 8.82. The summed E-state index contributed by atoms with van der Waals surface area (Å²) in [5.41, 5.74) is 4.94. The van der Waals surface area contributed by atoms with Crippen LogP contribution in [0, 0.1) is 0 Å². The number of hydrogen-bond acceptors (Lipinski definition) is 4. The lowest BCUT2D eigenvalue weighted by atomic mass is 10.0. The van der Waals surface area contributed by atoms with Crippen molar-refractivity contribution in [2.24, 2.45) is 0 Å². The molecule has 1 fully saturated rings. The molecule has 0 saturated carbocycles. The molecule has 3 N–H and O–H groups in total. The average molecular weight is 266 g/mol. The van der Waals surface area contributed by atoms with Crippen LogP contribution >= 0.6 is 0 Å². The molecule has 6 heteroatoms. The predicted octanol–water partition coefficient (Wildman–Crippen LogP) is 0.0298. The molecule has 1 aromatic carbocycles. The van der Waals surface area contributed by atoms with E-state index in [1.165, 1.54) is 23.5 Å². The first kappa shape index (κ1) is 6.18. The largest absolute Gasteiger partial charge is 0.398 e. The lowest BCUT2D eigenvalue weighted by Gasteiger charge is -2.29. The molecule has 3 rings (SSSR count). The van der Waals surface area contributed by atoms with Crippen molar-refractivity contribution < 1.29 is 24.0 Å². The van der Waals surface area contributed by atoms with Gasteiger partial charge in [-0.15, -0.1) is 0 Å². The molecule has 6 nitrogen and oxygen atoms in total. The highest BCUT2D eigenvalue weighted by Crippen LogP contribution is 2.30. The molecule has 0 radical (unpaired) electrons. The van der Waals surface area contributed by atoms with Crippen LogP contribution in [-0.2, 0) is 16.1 Å². The summed E-state index contributed by atoms with van der Waals surface area (Å²) in [4.78, 5) is 36.8. The number of nitrogen functional groups attached to an aromatic ring is 1. The molecule has 0 bridgehead atoms. The molecule has 19 heavy (non-hydrogen) atoms. The summed E-state index contributed by atoms with van der Waals surface area (Å²) in [5, 5.41) is 1.52. The van der Waals surface area contributed by atoms with Gasteiger partial charge in [0.1, 0.15) is 6.02 Å². The van der Waals surface area contributed by atoms with Crippen molar-refractivity contribution in [3.8, 4) is 0 Å². The minimum atomic E-state index is -3.56. The van der Waals surface area contributed by atoms with Crippen molar-refractivity contribution in [3.63, 3.8) is 0 Å². The first-order valence-corrected chi connectivity index (χ1v) is 5.32. The Morgan fingerprint density at radius 3 is 2.95 bits per heavy atom. The van der Waals surface area contributed by atoms with Gasteiger partial charge in [-0.25, -0.2) is 0 Å². The van der Waals surface area contributed by atoms with Gasteiger partial charge < -0.3 is 10.6 Å². The summed E-state index contributed by atoms with van der Waals surface area (Å²) < 4.78 is 56.1. The Morgan fingerprint density at radius 2 is 2.21 bits per heavy atom. The maximum Gasteiger partial charge on any atom is 0.255 e. The number of nitrogens with one attached hydrogen (secondary N) is 1. The topological polar surface area (TPSA) is 92.5 Å². The van der Waals surface area contributed by atoms with Crippen LogP contribution < -0.4 is 11.1 Å². The molecule has 2 aliphatic heterocycles. The number of anilines is 1. The van der Waals surface area contributed by atoms with Crippen molar-refractivity contribution in [2.45, 2.75) is 25.3 Å². The van der Waals surface area contributed by atoms with E-state index >= 15 is 0 Å². The Labute approximate surface area is 119 Å². The summed E-state index contributed by atoms with van der Waals surface area (Å²) >= 11 is 0. The van der Waals surface area contributed by atoms with Gasteiger partial charge in [0.05, 0.1) is 4.11 Å². The van der Waals surface area contributed by atoms with Crippen LogP contribution in [0.2, 0.25) is 0 Å². The normalized spacial score (nSPS) is 39.7. The second-order valence-electron chi connectivity index (χ2n) is 3.90. The molecule has 0 aromatic heterocycles. The second kappa shape index (κ2) is 4.08. The van der Waals surface area contributed by atoms with Crippen LogP contribution in [0.15, 0.2) is 18.2 Å². The van der Waals surface area contributed by atoms with Crippen LogP contribution in [0.4, 0.5) is 5.69 Å². The maximum absolute atomic E-state index is 12.8. The highest BCUT2D eigenvalue weighted by molar-refractivity contribution is 6.06. The van der Waals surface area contributed by atoms with E-state index in [1.54, 1.807) is 0 Å². The summed E-state index contributed by atoms with van der Waals surface area (Å²) in [6, 6.07) is 0.435. The molecule has 1 aromatic rings. The van der Waals surface area contributed by atoms with Crippen LogP contribution in [0.3, 0.4) is 0 Å². The third kappa shape index (κ3) is 1.76. The second-order valence-corrected chi connectivity index (χ2v) is 3.90. The van der Waals surface area contributed by atoms with Crippen molar-refractivity contribution in [1.82, 2.24) is 10.2 Å². The number of fused-ring (bicyclic) bond motifs is 1. The number of rotatable bonds is 1. The Balaban J connectivity index is 2.29. The fourth-order valence-electron chi connectivity index (χ4n) is 1.84. The number of amides is 3. The number of benzene rings is 1. The lowest BCUT2D eigenvalue weighted by Crippen LogP contribution is -2.52. The van der Waals surface area contributed by atoms with Crippen LogP contribution in [0.5, 0.6) is 0 Å². The van der Waals surface area contributed by atoms with Crippen molar-refractivity contribution in [1.29, 1.82) is 0 Å². The van der Waals surface area contributed by atoms with E-state index in [4.69, 9.17) is 15.3 Å².